The van der Waals surface area contributed by atoms with Crippen molar-refractivity contribution in [3.8, 4) is 0 Å². The van der Waals surface area contributed by atoms with E-state index in [0.29, 0.717) is 18.4 Å². The maximum Gasteiger partial charge on any atom is 0.338 e. The molecule has 0 aliphatic heterocycles. The van der Waals surface area contributed by atoms with Gasteiger partial charge in [0.2, 0.25) is 0 Å². The minimum Gasteiger partial charge on any atom is -0.459 e. The third-order valence-electron chi connectivity index (χ3n) is 3.12. The molecule has 0 radical (unpaired) electrons. The topological polar surface area (TPSA) is 46.5 Å². The van der Waals surface area contributed by atoms with Crippen molar-refractivity contribution < 1.29 is 19.0 Å². The Morgan fingerprint density at radius 1 is 1.47 bits per heavy atom. The molecular weight excluding hydrogens is 223 g/mol. The first-order valence-corrected chi connectivity index (χ1v) is 5.71. The molecule has 1 aromatic carbocycles. The highest BCUT2D eigenvalue weighted by atomic mass is 19.1. The molecule has 92 valence electrons. The van der Waals surface area contributed by atoms with Gasteiger partial charge in [-0.05, 0) is 31.4 Å². The fourth-order valence-corrected chi connectivity index (χ4v) is 2.03. The van der Waals surface area contributed by atoms with E-state index < -0.39 is 17.7 Å². The molecule has 1 N–H and O–H groups in total. The highest BCUT2D eigenvalue weighted by Gasteiger charge is 2.43. The fraction of sp³-hybridized carbons (Fsp3) is 0.462. The van der Waals surface area contributed by atoms with E-state index in [-0.39, 0.29) is 13.0 Å². The summed E-state index contributed by atoms with van der Waals surface area (Å²) in [6.45, 7) is -0.373. The number of hydrogen-bond donors (Lipinski definition) is 1. The van der Waals surface area contributed by atoms with Gasteiger partial charge in [-0.2, -0.15) is 0 Å². The van der Waals surface area contributed by atoms with Crippen molar-refractivity contribution in [3.63, 3.8) is 0 Å². The third kappa shape index (κ3) is 2.64. The summed E-state index contributed by atoms with van der Waals surface area (Å²) in [6, 6.07) is 8.43. The van der Waals surface area contributed by atoms with E-state index in [9.17, 15) is 14.3 Å². The number of carbonyl (C=O) groups excluding carboxylic acids is 1. The van der Waals surface area contributed by atoms with Crippen LogP contribution in [-0.2, 0) is 4.74 Å². The number of esters is 1. The summed E-state index contributed by atoms with van der Waals surface area (Å²) in [7, 11) is 0. The largest absolute Gasteiger partial charge is 0.459 e. The van der Waals surface area contributed by atoms with Gasteiger partial charge in [-0.15, -0.1) is 0 Å². The summed E-state index contributed by atoms with van der Waals surface area (Å²) in [4.78, 5) is 11.6. The van der Waals surface area contributed by atoms with Crippen molar-refractivity contribution in [2.45, 2.75) is 31.0 Å². The Morgan fingerprint density at radius 3 is 2.76 bits per heavy atom. The van der Waals surface area contributed by atoms with Crippen LogP contribution in [0.2, 0.25) is 0 Å². The second kappa shape index (κ2) is 4.84. The number of rotatable bonds is 3. The molecule has 3 nitrogen and oxygen atoms in total. The Bertz CT molecular complexity index is 393. The maximum absolute atomic E-state index is 14.1. The molecule has 17 heavy (non-hydrogen) atoms. The summed E-state index contributed by atoms with van der Waals surface area (Å²) in [5.74, 6) is -0.554. The van der Waals surface area contributed by atoms with Gasteiger partial charge >= 0.3 is 5.97 Å². The molecule has 1 aliphatic rings. The Kier molecular flexibility index (Phi) is 3.43. The first kappa shape index (κ1) is 12.0. The first-order chi connectivity index (χ1) is 8.12. The zero-order chi connectivity index (χ0) is 12.3. The molecule has 0 bridgehead atoms. The van der Waals surface area contributed by atoms with Crippen molar-refractivity contribution in [1.82, 2.24) is 0 Å². The molecule has 0 heterocycles. The number of aliphatic hydroxyl groups excluding tert-OH is 1. The number of aliphatic hydroxyl groups is 1. The van der Waals surface area contributed by atoms with Crippen molar-refractivity contribution >= 4 is 5.97 Å². The van der Waals surface area contributed by atoms with Crippen molar-refractivity contribution in [1.29, 1.82) is 0 Å². The second-order valence-corrected chi connectivity index (χ2v) is 4.38. The van der Waals surface area contributed by atoms with Crippen LogP contribution in [0.3, 0.4) is 0 Å². The Balaban J connectivity index is 1.93. The van der Waals surface area contributed by atoms with Crippen LogP contribution in [0, 0.1) is 0 Å². The SMILES string of the molecule is O=C(OC[C@@]1(F)CCC[C@@H]1O)c1ccccc1. The molecule has 1 saturated carbocycles. The lowest BCUT2D eigenvalue weighted by Gasteiger charge is -2.22. The van der Waals surface area contributed by atoms with Crippen LogP contribution in [0.1, 0.15) is 29.6 Å². The molecular formula is C13H15FO3. The van der Waals surface area contributed by atoms with Crippen LogP contribution in [0.25, 0.3) is 0 Å². The number of hydrogen-bond acceptors (Lipinski definition) is 3. The van der Waals surface area contributed by atoms with E-state index in [1.807, 2.05) is 0 Å². The van der Waals surface area contributed by atoms with Crippen LogP contribution in [0.15, 0.2) is 30.3 Å². The predicted octanol–water partition coefficient (Wildman–Crippen LogP) is 2.10. The predicted molar refractivity (Wildman–Crippen MR) is 60.4 cm³/mol. The maximum atomic E-state index is 14.1. The lowest BCUT2D eigenvalue weighted by atomic mass is 10.0. The van der Waals surface area contributed by atoms with E-state index >= 15 is 0 Å². The Morgan fingerprint density at radius 2 is 2.18 bits per heavy atom. The number of halogens is 1. The molecule has 0 spiro atoms. The highest BCUT2D eigenvalue weighted by molar-refractivity contribution is 5.89. The zero-order valence-corrected chi connectivity index (χ0v) is 9.43. The van der Waals surface area contributed by atoms with E-state index in [4.69, 9.17) is 4.74 Å². The fourth-order valence-electron chi connectivity index (χ4n) is 2.03. The van der Waals surface area contributed by atoms with Gasteiger partial charge in [0, 0.05) is 0 Å². The van der Waals surface area contributed by atoms with Gasteiger partial charge in [-0.1, -0.05) is 18.2 Å². The van der Waals surface area contributed by atoms with Crippen molar-refractivity contribution in [3.05, 3.63) is 35.9 Å². The first-order valence-electron chi connectivity index (χ1n) is 5.71. The van der Waals surface area contributed by atoms with E-state index in [1.54, 1.807) is 30.3 Å². The molecule has 2 atom stereocenters. The van der Waals surface area contributed by atoms with Gasteiger partial charge in [-0.3, -0.25) is 0 Å². The van der Waals surface area contributed by atoms with Crippen molar-refractivity contribution in [2.24, 2.45) is 0 Å². The summed E-state index contributed by atoms with van der Waals surface area (Å²) in [5, 5.41) is 9.47. The van der Waals surface area contributed by atoms with Gasteiger partial charge in [-0.25, -0.2) is 9.18 Å². The van der Waals surface area contributed by atoms with Crippen LogP contribution in [-0.4, -0.2) is 29.5 Å². The second-order valence-electron chi connectivity index (χ2n) is 4.38. The molecule has 0 aromatic heterocycles. The minimum absolute atomic E-state index is 0.246. The van der Waals surface area contributed by atoms with Gasteiger partial charge in [0.1, 0.15) is 6.61 Å². The molecule has 0 saturated heterocycles. The molecule has 1 fully saturated rings. The summed E-state index contributed by atoms with van der Waals surface area (Å²) in [6.07, 6.45) is 0.280. The monoisotopic (exact) mass is 238 g/mol. The van der Waals surface area contributed by atoms with Gasteiger partial charge in [0.15, 0.2) is 5.67 Å². The normalized spacial score (nSPS) is 28.0. The van der Waals surface area contributed by atoms with Gasteiger partial charge in [0.25, 0.3) is 0 Å². The van der Waals surface area contributed by atoms with Gasteiger partial charge < -0.3 is 9.84 Å². The number of carbonyl (C=O) groups is 1. The summed E-state index contributed by atoms with van der Waals surface area (Å²) >= 11 is 0. The number of benzene rings is 1. The Labute approximate surface area is 99.2 Å². The highest BCUT2D eigenvalue weighted by Crippen LogP contribution is 2.34. The molecule has 1 aliphatic carbocycles. The summed E-state index contributed by atoms with van der Waals surface area (Å²) < 4.78 is 19.0. The van der Waals surface area contributed by atoms with Crippen LogP contribution in [0.4, 0.5) is 4.39 Å². The lowest BCUT2D eigenvalue weighted by molar-refractivity contribution is -0.0365. The average Bonchev–Trinajstić information content (AvgIpc) is 2.68. The van der Waals surface area contributed by atoms with Crippen molar-refractivity contribution in [2.75, 3.05) is 6.61 Å². The number of ether oxygens (including phenoxy) is 1. The summed E-state index contributed by atoms with van der Waals surface area (Å²) in [5.41, 5.74) is -1.38. The van der Waals surface area contributed by atoms with Crippen LogP contribution < -0.4 is 0 Å². The molecule has 1 aromatic rings. The van der Waals surface area contributed by atoms with E-state index in [1.165, 1.54) is 0 Å². The standard InChI is InChI=1S/C13H15FO3/c14-13(8-4-7-11(13)15)9-17-12(16)10-5-2-1-3-6-10/h1-3,5-6,11,15H,4,7-9H2/t11-,13-/m0/s1. The molecule has 4 heteroatoms. The zero-order valence-electron chi connectivity index (χ0n) is 9.43. The van der Waals surface area contributed by atoms with Crippen LogP contribution >= 0.6 is 0 Å². The Hall–Kier alpha value is -1.42. The van der Waals surface area contributed by atoms with Gasteiger partial charge in [0.05, 0.1) is 11.7 Å². The molecule has 0 amide bonds. The molecule has 2 rings (SSSR count). The number of alkyl halides is 1. The smallest absolute Gasteiger partial charge is 0.338 e. The minimum atomic E-state index is -1.77. The van der Waals surface area contributed by atoms with Crippen LogP contribution in [0.5, 0.6) is 0 Å². The lowest BCUT2D eigenvalue weighted by Crippen LogP contribution is -2.38. The molecule has 0 unspecified atom stereocenters. The van der Waals surface area contributed by atoms with E-state index in [0.717, 1.165) is 0 Å². The third-order valence-corrected chi connectivity index (χ3v) is 3.12. The van der Waals surface area contributed by atoms with E-state index in [2.05, 4.69) is 0 Å². The quantitative estimate of drug-likeness (QED) is 0.820. The average molecular weight is 238 g/mol.